The maximum absolute atomic E-state index is 12.4. The number of carbonyl (C=O) groups excluding carboxylic acids is 1. The lowest BCUT2D eigenvalue weighted by atomic mass is 9.99. The second-order valence-corrected chi connectivity index (χ2v) is 6.41. The molecule has 24 heavy (non-hydrogen) atoms. The number of rotatable bonds is 6. The lowest BCUT2D eigenvalue weighted by Crippen LogP contribution is -2.35. The molecule has 7 heteroatoms. The summed E-state index contributed by atoms with van der Waals surface area (Å²) in [7, 11) is 0. The van der Waals surface area contributed by atoms with Crippen LogP contribution in [0.15, 0.2) is 30.6 Å². The number of hydrogen-bond donors (Lipinski definition) is 1. The molecule has 1 fully saturated rings. The second kappa shape index (κ2) is 8.01. The highest BCUT2D eigenvalue weighted by Gasteiger charge is 2.16. The predicted octanol–water partition coefficient (Wildman–Crippen LogP) is 1.51. The van der Waals surface area contributed by atoms with Gasteiger partial charge in [-0.15, -0.1) is 5.10 Å². The normalized spacial score (nSPS) is 16.2. The van der Waals surface area contributed by atoms with E-state index in [0.717, 1.165) is 18.9 Å². The smallest absolute Gasteiger partial charge is 0.253 e. The molecule has 1 aliphatic heterocycles. The van der Waals surface area contributed by atoms with Crippen LogP contribution in [0.1, 0.15) is 36.5 Å². The molecular weight excluding hydrogens is 304 g/mol. The Balaban J connectivity index is 1.49. The van der Waals surface area contributed by atoms with Gasteiger partial charge in [-0.05, 0) is 67.4 Å². The molecule has 0 saturated carbocycles. The van der Waals surface area contributed by atoms with Crippen LogP contribution in [0, 0.1) is 5.92 Å². The van der Waals surface area contributed by atoms with Gasteiger partial charge in [0, 0.05) is 6.54 Å². The molecular formula is C17H24N6O. The van der Waals surface area contributed by atoms with E-state index in [1.165, 1.54) is 36.9 Å². The maximum atomic E-state index is 12.4. The lowest BCUT2D eigenvalue weighted by Gasteiger charge is -2.30. The van der Waals surface area contributed by atoms with Crippen molar-refractivity contribution >= 4 is 5.91 Å². The number of tetrazole rings is 1. The van der Waals surface area contributed by atoms with Crippen LogP contribution in [-0.2, 0) is 0 Å². The van der Waals surface area contributed by atoms with E-state index in [-0.39, 0.29) is 5.91 Å². The zero-order valence-corrected chi connectivity index (χ0v) is 14.1. The largest absolute Gasteiger partial charge is 0.352 e. The van der Waals surface area contributed by atoms with Crippen molar-refractivity contribution in [2.45, 2.75) is 26.2 Å². The summed E-state index contributed by atoms with van der Waals surface area (Å²) in [4.78, 5) is 14.9. The molecule has 7 nitrogen and oxygen atoms in total. The molecule has 0 atom stereocenters. The summed E-state index contributed by atoms with van der Waals surface area (Å²) < 4.78 is 1.50. The van der Waals surface area contributed by atoms with Gasteiger partial charge in [0.1, 0.15) is 6.33 Å². The van der Waals surface area contributed by atoms with Gasteiger partial charge in [0.05, 0.1) is 11.3 Å². The van der Waals surface area contributed by atoms with Crippen molar-refractivity contribution in [1.82, 2.24) is 30.4 Å². The van der Waals surface area contributed by atoms with E-state index in [0.29, 0.717) is 17.8 Å². The summed E-state index contributed by atoms with van der Waals surface area (Å²) in [5.41, 5.74) is 1.27. The van der Waals surface area contributed by atoms with E-state index in [2.05, 4.69) is 32.7 Å². The van der Waals surface area contributed by atoms with Crippen molar-refractivity contribution in [1.29, 1.82) is 0 Å². The first-order chi connectivity index (χ1) is 11.7. The molecule has 128 valence electrons. The van der Waals surface area contributed by atoms with Crippen molar-refractivity contribution in [3.8, 4) is 5.69 Å². The maximum Gasteiger partial charge on any atom is 0.253 e. The first-order valence-electron chi connectivity index (χ1n) is 8.57. The van der Waals surface area contributed by atoms with Crippen LogP contribution in [0.3, 0.4) is 0 Å². The molecule has 2 aromatic rings. The first-order valence-corrected chi connectivity index (χ1v) is 8.57. The van der Waals surface area contributed by atoms with Gasteiger partial charge in [-0.25, -0.2) is 0 Å². The highest BCUT2D eigenvalue weighted by Crippen LogP contribution is 2.16. The zero-order chi connectivity index (χ0) is 16.8. The topological polar surface area (TPSA) is 75.9 Å². The monoisotopic (exact) mass is 328 g/mol. The molecule has 1 N–H and O–H groups in total. The van der Waals surface area contributed by atoms with Crippen LogP contribution in [0.2, 0.25) is 0 Å². The minimum atomic E-state index is -0.0895. The molecule has 1 aliphatic rings. The Morgan fingerprint density at radius 1 is 1.29 bits per heavy atom. The summed E-state index contributed by atoms with van der Waals surface area (Å²) in [6.07, 6.45) is 5.02. The Morgan fingerprint density at radius 3 is 2.83 bits per heavy atom. The third kappa shape index (κ3) is 4.17. The fourth-order valence-electron chi connectivity index (χ4n) is 3.02. The number of amides is 1. The molecule has 1 aromatic carbocycles. The van der Waals surface area contributed by atoms with E-state index in [9.17, 15) is 4.79 Å². The SMILES string of the molecule is CC1CCN(CCCNC(=O)c2ccccc2-n2cnnn2)CC1. The van der Waals surface area contributed by atoms with Gasteiger partial charge >= 0.3 is 0 Å². The van der Waals surface area contributed by atoms with Gasteiger partial charge in [0.15, 0.2) is 0 Å². The predicted molar refractivity (Wildman–Crippen MR) is 90.9 cm³/mol. The number of nitrogens with zero attached hydrogens (tertiary/aromatic N) is 5. The number of para-hydroxylation sites is 1. The van der Waals surface area contributed by atoms with Gasteiger partial charge in [0.25, 0.3) is 5.91 Å². The summed E-state index contributed by atoms with van der Waals surface area (Å²) in [6, 6.07) is 7.33. The number of aromatic nitrogens is 4. The Labute approximate surface area is 142 Å². The van der Waals surface area contributed by atoms with Crippen molar-refractivity contribution in [3.05, 3.63) is 36.2 Å². The van der Waals surface area contributed by atoms with Crippen LogP contribution in [0.5, 0.6) is 0 Å². The quantitative estimate of drug-likeness (QED) is 0.814. The fraction of sp³-hybridized carbons (Fsp3) is 0.529. The summed E-state index contributed by atoms with van der Waals surface area (Å²) in [5, 5.41) is 14.1. The van der Waals surface area contributed by atoms with Gasteiger partial charge in [0.2, 0.25) is 0 Å². The molecule has 2 heterocycles. The highest BCUT2D eigenvalue weighted by atomic mass is 16.1. The molecule has 1 saturated heterocycles. The lowest BCUT2D eigenvalue weighted by molar-refractivity contribution is 0.0950. The Kier molecular flexibility index (Phi) is 5.53. The van der Waals surface area contributed by atoms with Crippen LogP contribution in [-0.4, -0.2) is 57.2 Å². The Bertz CT molecular complexity index is 649. The van der Waals surface area contributed by atoms with Crippen LogP contribution < -0.4 is 5.32 Å². The van der Waals surface area contributed by atoms with E-state index >= 15 is 0 Å². The molecule has 1 aromatic heterocycles. The van der Waals surface area contributed by atoms with Crippen molar-refractivity contribution in [2.75, 3.05) is 26.2 Å². The highest BCUT2D eigenvalue weighted by molar-refractivity contribution is 5.97. The Hall–Kier alpha value is -2.28. The van der Waals surface area contributed by atoms with Crippen LogP contribution in [0.25, 0.3) is 5.69 Å². The number of hydrogen-bond acceptors (Lipinski definition) is 5. The summed E-state index contributed by atoms with van der Waals surface area (Å²) in [6.45, 7) is 6.39. The molecule has 3 rings (SSSR count). The third-order valence-corrected chi connectivity index (χ3v) is 4.56. The number of likely N-dealkylation sites (tertiary alicyclic amines) is 1. The average Bonchev–Trinajstić information content (AvgIpc) is 3.14. The van der Waals surface area contributed by atoms with Crippen molar-refractivity contribution in [2.24, 2.45) is 5.92 Å². The molecule has 0 aliphatic carbocycles. The van der Waals surface area contributed by atoms with Gasteiger partial charge in [-0.1, -0.05) is 19.1 Å². The van der Waals surface area contributed by atoms with Crippen molar-refractivity contribution < 1.29 is 4.79 Å². The third-order valence-electron chi connectivity index (χ3n) is 4.56. The number of carbonyl (C=O) groups is 1. The Morgan fingerprint density at radius 2 is 2.08 bits per heavy atom. The molecule has 1 amide bonds. The second-order valence-electron chi connectivity index (χ2n) is 6.41. The number of nitrogens with one attached hydrogen (secondary N) is 1. The molecule has 0 spiro atoms. The van der Waals surface area contributed by atoms with E-state index in [4.69, 9.17) is 0 Å². The summed E-state index contributed by atoms with van der Waals surface area (Å²) in [5.74, 6) is 0.761. The number of benzene rings is 1. The average molecular weight is 328 g/mol. The minimum Gasteiger partial charge on any atom is -0.352 e. The standard InChI is InChI=1S/C17H24N6O/c1-14-7-11-22(12-8-14)10-4-9-18-17(24)15-5-2-3-6-16(15)23-13-19-20-21-23/h2-3,5-6,13-14H,4,7-12H2,1H3,(H,18,24). The van der Waals surface area contributed by atoms with E-state index < -0.39 is 0 Å². The van der Waals surface area contributed by atoms with Gasteiger partial charge in [-0.2, -0.15) is 4.68 Å². The van der Waals surface area contributed by atoms with Crippen LogP contribution >= 0.6 is 0 Å². The summed E-state index contributed by atoms with van der Waals surface area (Å²) >= 11 is 0. The first kappa shape index (κ1) is 16.6. The fourth-order valence-corrected chi connectivity index (χ4v) is 3.02. The van der Waals surface area contributed by atoms with Crippen molar-refractivity contribution in [3.63, 3.8) is 0 Å². The minimum absolute atomic E-state index is 0.0895. The van der Waals surface area contributed by atoms with E-state index in [1.807, 2.05) is 18.2 Å². The zero-order valence-electron chi connectivity index (χ0n) is 14.1. The molecule has 0 unspecified atom stereocenters. The molecule has 0 bridgehead atoms. The van der Waals surface area contributed by atoms with Gasteiger partial charge in [-0.3, -0.25) is 4.79 Å². The van der Waals surface area contributed by atoms with Crippen LogP contribution in [0.4, 0.5) is 0 Å². The van der Waals surface area contributed by atoms with E-state index in [1.54, 1.807) is 6.07 Å². The van der Waals surface area contributed by atoms with Gasteiger partial charge < -0.3 is 10.2 Å². The molecule has 0 radical (unpaired) electrons. The number of piperidine rings is 1.